The zero-order chi connectivity index (χ0) is 25.5. The molecule has 9 heteroatoms. The molecule has 0 aliphatic carbocycles. The standard InChI is InChI=1S/C28H29F2N5OS/c1-16(2)35-9-10-36-27-21(29)11-19(12-23(27)35)26-22(30)15-32-28(34-26)33-20-4-3-18-13-24(37-25(18)14-20)17-5-7-31-8-6-17/h3-4,11-17,31H,5-10H2,1-2H3,(H,32,33,34). The summed E-state index contributed by atoms with van der Waals surface area (Å²) in [6.45, 7) is 7.24. The molecule has 0 radical (unpaired) electrons. The maximum absolute atomic E-state index is 15.0. The van der Waals surface area contributed by atoms with Crippen molar-refractivity contribution < 1.29 is 13.5 Å². The number of anilines is 3. The predicted octanol–water partition coefficient (Wildman–Crippen LogP) is 6.45. The molecule has 1 fully saturated rings. The van der Waals surface area contributed by atoms with Gasteiger partial charge in [-0.15, -0.1) is 11.3 Å². The van der Waals surface area contributed by atoms with E-state index in [4.69, 9.17) is 4.74 Å². The first kappa shape index (κ1) is 24.1. The number of fused-ring (bicyclic) bond motifs is 2. The number of nitrogens with one attached hydrogen (secondary N) is 2. The average Bonchev–Trinajstić information content (AvgIpc) is 3.33. The Kier molecular flexibility index (Phi) is 6.42. The number of aromatic nitrogens is 2. The van der Waals surface area contributed by atoms with Gasteiger partial charge < -0.3 is 20.3 Å². The summed E-state index contributed by atoms with van der Waals surface area (Å²) in [6, 6.07) is 11.6. The first-order chi connectivity index (χ1) is 18.0. The minimum absolute atomic E-state index is 0.0406. The second-order valence-electron chi connectivity index (χ2n) is 9.88. The molecule has 4 heterocycles. The molecule has 6 rings (SSSR count). The quantitative estimate of drug-likeness (QED) is 0.315. The van der Waals surface area contributed by atoms with Gasteiger partial charge in [-0.2, -0.15) is 0 Å². The molecule has 2 N–H and O–H groups in total. The number of ether oxygens (including phenoxy) is 1. The van der Waals surface area contributed by atoms with Gasteiger partial charge in [-0.25, -0.2) is 18.7 Å². The molecule has 0 spiro atoms. The van der Waals surface area contributed by atoms with Gasteiger partial charge in [-0.1, -0.05) is 6.07 Å². The van der Waals surface area contributed by atoms with E-state index in [9.17, 15) is 8.78 Å². The van der Waals surface area contributed by atoms with Crippen LogP contribution in [0.4, 0.5) is 26.1 Å². The third-order valence-corrected chi connectivity index (χ3v) is 8.35. The van der Waals surface area contributed by atoms with Crippen LogP contribution in [-0.2, 0) is 0 Å². The second-order valence-corrected chi connectivity index (χ2v) is 11.0. The second kappa shape index (κ2) is 9.87. The van der Waals surface area contributed by atoms with E-state index >= 15 is 0 Å². The monoisotopic (exact) mass is 521 g/mol. The number of halogens is 2. The molecule has 0 saturated carbocycles. The van der Waals surface area contributed by atoms with Gasteiger partial charge in [0.2, 0.25) is 5.95 Å². The van der Waals surface area contributed by atoms with Crippen LogP contribution < -0.4 is 20.3 Å². The van der Waals surface area contributed by atoms with E-state index in [1.165, 1.54) is 21.0 Å². The fourth-order valence-electron chi connectivity index (χ4n) is 5.17. The van der Waals surface area contributed by atoms with Gasteiger partial charge in [0.1, 0.15) is 12.3 Å². The minimum atomic E-state index is -0.613. The van der Waals surface area contributed by atoms with E-state index in [1.54, 1.807) is 6.07 Å². The number of piperidine rings is 1. The Hall–Kier alpha value is -3.30. The molecule has 2 aliphatic rings. The Labute approximate surface area is 218 Å². The first-order valence-electron chi connectivity index (χ1n) is 12.7. The Bertz CT molecular complexity index is 1450. The normalized spacial score (nSPS) is 16.2. The van der Waals surface area contributed by atoms with E-state index in [0.29, 0.717) is 30.3 Å². The van der Waals surface area contributed by atoms with Crippen LogP contribution in [0, 0.1) is 11.6 Å². The molecular formula is C28H29F2N5OS. The summed E-state index contributed by atoms with van der Waals surface area (Å²) in [5.74, 6) is -0.0891. The Morgan fingerprint density at radius 1 is 1.11 bits per heavy atom. The lowest BCUT2D eigenvalue weighted by molar-refractivity contribution is 0.287. The molecule has 2 aromatic heterocycles. The highest BCUT2D eigenvalue weighted by atomic mass is 32.1. The molecule has 0 amide bonds. The molecule has 6 nitrogen and oxygen atoms in total. The average molecular weight is 522 g/mol. The Morgan fingerprint density at radius 3 is 2.76 bits per heavy atom. The summed E-state index contributed by atoms with van der Waals surface area (Å²) < 4.78 is 36.6. The van der Waals surface area contributed by atoms with Crippen molar-refractivity contribution in [2.75, 3.05) is 36.5 Å². The lowest BCUT2D eigenvalue weighted by atomic mass is 9.96. The van der Waals surface area contributed by atoms with Crippen molar-refractivity contribution in [1.29, 1.82) is 0 Å². The highest BCUT2D eigenvalue weighted by Gasteiger charge is 2.26. The third kappa shape index (κ3) is 4.73. The number of hydrogen-bond acceptors (Lipinski definition) is 7. The van der Waals surface area contributed by atoms with Gasteiger partial charge >= 0.3 is 0 Å². The predicted molar refractivity (Wildman–Crippen MR) is 145 cm³/mol. The largest absolute Gasteiger partial charge is 0.486 e. The molecule has 0 unspecified atom stereocenters. The third-order valence-electron chi connectivity index (χ3n) is 7.09. The number of hydrogen-bond donors (Lipinski definition) is 2. The van der Waals surface area contributed by atoms with Gasteiger partial charge in [0.15, 0.2) is 17.4 Å². The smallest absolute Gasteiger partial charge is 0.227 e. The summed E-state index contributed by atoms with van der Waals surface area (Å²) in [5, 5.41) is 7.84. The lowest BCUT2D eigenvalue weighted by Crippen LogP contribution is -2.38. The molecule has 0 atom stereocenters. The van der Waals surface area contributed by atoms with Crippen LogP contribution in [0.2, 0.25) is 0 Å². The van der Waals surface area contributed by atoms with Crippen LogP contribution >= 0.6 is 11.3 Å². The van der Waals surface area contributed by atoms with Crippen LogP contribution in [0.5, 0.6) is 5.75 Å². The maximum atomic E-state index is 15.0. The lowest BCUT2D eigenvalue weighted by Gasteiger charge is -2.34. The van der Waals surface area contributed by atoms with Crippen molar-refractivity contribution in [2.45, 2.75) is 38.6 Å². The maximum Gasteiger partial charge on any atom is 0.227 e. The van der Waals surface area contributed by atoms with Gasteiger partial charge in [-0.05, 0) is 81.4 Å². The van der Waals surface area contributed by atoms with E-state index in [-0.39, 0.29) is 23.4 Å². The van der Waals surface area contributed by atoms with Crippen molar-refractivity contribution in [1.82, 2.24) is 15.3 Å². The van der Waals surface area contributed by atoms with Gasteiger partial charge in [0.25, 0.3) is 0 Å². The van der Waals surface area contributed by atoms with E-state index in [0.717, 1.165) is 37.8 Å². The van der Waals surface area contributed by atoms with Crippen LogP contribution in [-0.4, -0.2) is 42.3 Å². The molecular weight excluding hydrogens is 492 g/mol. The highest BCUT2D eigenvalue weighted by Crippen LogP contribution is 2.40. The molecule has 37 heavy (non-hydrogen) atoms. The van der Waals surface area contributed by atoms with Crippen LogP contribution in [0.1, 0.15) is 37.5 Å². The van der Waals surface area contributed by atoms with Crippen LogP contribution in [0.15, 0.2) is 42.6 Å². The Morgan fingerprint density at radius 2 is 1.95 bits per heavy atom. The minimum Gasteiger partial charge on any atom is -0.486 e. The first-order valence-corrected chi connectivity index (χ1v) is 13.5. The summed E-state index contributed by atoms with van der Waals surface area (Å²) in [4.78, 5) is 12.0. The van der Waals surface area contributed by atoms with Gasteiger partial charge in [0.05, 0.1) is 18.4 Å². The number of nitrogens with zero attached hydrogens (tertiary/aromatic N) is 3. The van der Waals surface area contributed by atoms with E-state index < -0.39 is 11.6 Å². The van der Waals surface area contributed by atoms with E-state index in [2.05, 4.69) is 43.7 Å². The zero-order valence-corrected chi connectivity index (χ0v) is 21.7. The SMILES string of the molecule is CC(C)N1CCOc2c(F)cc(-c3nc(Nc4ccc5cc(C6CCNCC6)sc5c4)ncc3F)cc21. The number of rotatable bonds is 5. The van der Waals surface area contributed by atoms with Crippen molar-refractivity contribution in [3.05, 3.63) is 59.1 Å². The molecule has 2 aromatic carbocycles. The summed E-state index contributed by atoms with van der Waals surface area (Å²) >= 11 is 1.82. The van der Waals surface area contributed by atoms with Crippen LogP contribution in [0.25, 0.3) is 21.3 Å². The highest BCUT2D eigenvalue weighted by molar-refractivity contribution is 7.19. The summed E-state index contributed by atoms with van der Waals surface area (Å²) in [7, 11) is 0. The van der Waals surface area contributed by atoms with Crippen molar-refractivity contribution in [3.8, 4) is 17.0 Å². The van der Waals surface area contributed by atoms with Gasteiger partial charge in [-0.3, -0.25) is 0 Å². The summed E-state index contributed by atoms with van der Waals surface area (Å²) in [6.07, 6.45) is 3.44. The molecule has 4 aromatic rings. The van der Waals surface area contributed by atoms with Crippen molar-refractivity contribution >= 4 is 38.7 Å². The molecule has 0 bridgehead atoms. The summed E-state index contributed by atoms with van der Waals surface area (Å²) in [5.41, 5.74) is 1.81. The zero-order valence-electron chi connectivity index (χ0n) is 20.9. The number of benzene rings is 2. The van der Waals surface area contributed by atoms with Crippen LogP contribution in [0.3, 0.4) is 0 Å². The fraction of sp³-hybridized carbons (Fsp3) is 0.357. The number of thiophene rings is 1. The topological polar surface area (TPSA) is 62.3 Å². The molecule has 2 aliphatic heterocycles. The van der Waals surface area contributed by atoms with E-state index in [1.807, 2.05) is 31.3 Å². The van der Waals surface area contributed by atoms with Gasteiger partial charge in [0, 0.05) is 26.9 Å². The van der Waals surface area contributed by atoms with Crippen molar-refractivity contribution in [2.24, 2.45) is 0 Å². The fourth-order valence-corrected chi connectivity index (χ4v) is 6.44. The molecule has 192 valence electrons. The van der Waals surface area contributed by atoms with Crippen molar-refractivity contribution in [3.63, 3.8) is 0 Å². The Balaban J connectivity index is 1.30. The molecule has 1 saturated heterocycles.